The van der Waals surface area contributed by atoms with Crippen LogP contribution in [0.1, 0.15) is 27.0 Å². The number of para-hydroxylation sites is 1. The molecule has 0 atom stereocenters. The maximum absolute atomic E-state index is 13.8. The molecule has 156 valence electrons. The van der Waals surface area contributed by atoms with Gasteiger partial charge >= 0.3 is 5.97 Å². The molecule has 1 heterocycles. The standard InChI is InChI=1S/C20H17FN2O5S2/c1-2-28-20(25)17-10-11-18(29-17)22-19(24)13-6-5-7-14(12-13)30(26,27)23-16-9-4-3-8-15(16)21/h3-12,23H,2H2,1H3,(H,22,24). The minimum Gasteiger partial charge on any atom is -0.462 e. The number of hydrogen-bond acceptors (Lipinski definition) is 6. The molecule has 0 spiro atoms. The van der Waals surface area contributed by atoms with Crippen LogP contribution >= 0.6 is 11.3 Å². The van der Waals surface area contributed by atoms with E-state index in [0.717, 1.165) is 17.4 Å². The van der Waals surface area contributed by atoms with Gasteiger partial charge in [-0.3, -0.25) is 9.52 Å². The third kappa shape index (κ3) is 5.02. The van der Waals surface area contributed by atoms with E-state index in [0.29, 0.717) is 9.88 Å². The van der Waals surface area contributed by atoms with Crippen LogP contribution in [0.2, 0.25) is 0 Å². The van der Waals surface area contributed by atoms with E-state index in [9.17, 15) is 22.4 Å². The molecular weight excluding hydrogens is 431 g/mol. The van der Waals surface area contributed by atoms with E-state index >= 15 is 0 Å². The number of nitrogens with one attached hydrogen (secondary N) is 2. The fourth-order valence-corrected chi connectivity index (χ4v) is 4.36. The summed E-state index contributed by atoms with van der Waals surface area (Å²) in [6.07, 6.45) is 0. The van der Waals surface area contributed by atoms with Gasteiger partial charge in [0.2, 0.25) is 0 Å². The van der Waals surface area contributed by atoms with Crippen molar-refractivity contribution in [2.24, 2.45) is 0 Å². The van der Waals surface area contributed by atoms with Gasteiger partial charge in [-0.2, -0.15) is 0 Å². The number of carbonyl (C=O) groups excluding carboxylic acids is 2. The van der Waals surface area contributed by atoms with Gasteiger partial charge in [-0.15, -0.1) is 11.3 Å². The molecule has 1 amide bonds. The molecular formula is C20H17FN2O5S2. The van der Waals surface area contributed by atoms with Crippen molar-refractivity contribution in [3.8, 4) is 0 Å². The molecule has 3 aromatic rings. The molecule has 0 saturated carbocycles. The number of rotatable bonds is 7. The Bertz CT molecular complexity index is 1190. The highest BCUT2D eigenvalue weighted by molar-refractivity contribution is 7.92. The van der Waals surface area contributed by atoms with Gasteiger partial charge in [0.25, 0.3) is 15.9 Å². The number of anilines is 2. The van der Waals surface area contributed by atoms with Crippen molar-refractivity contribution in [3.05, 3.63) is 76.9 Å². The molecule has 0 unspecified atom stereocenters. The summed E-state index contributed by atoms with van der Waals surface area (Å²) in [7, 11) is -4.11. The maximum atomic E-state index is 13.8. The highest BCUT2D eigenvalue weighted by Crippen LogP contribution is 2.24. The van der Waals surface area contributed by atoms with Crippen molar-refractivity contribution >= 4 is 43.9 Å². The van der Waals surface area contributed by atoms with Gasteiger partial charge in [-0.05, 0) is 49.4 Å². The van der Waals surface area contributed by atoms with Crippen LogP contribution in [0.3, 0.4) is 0 Å². The molecule has 2 N–H and O–H groups in total. The number of esters is 1. The Morgan fingerprint density at radius 3 is 2.57 bits per heavy atom. The number of thiophene rings is 1. The van der Waals surface area contributed by atoms with Gasteiger partial charge in [0.05, 0.1) is 22.2 Å². The van der Waals surface area contributed by atoms with Crippen molar-refractivity contribution in [2.75, 3.05) is 16.6 Å². The molecule has 3 rings (SSSR count). The SMILES string of the molecule is CCOC(=O)c1ccc(NC(=O)c2cccc(S(=O)(=O)Nc3ccccc3F)c2)s1. The van der Waals surface area contributed by atoms with Crippen molar-refractivity contribution in [3.63, 3.8) is 0 Å². The molecule has 0 aliphatic carbocycles. The number of amides is 1. The van der Waals surface area contributed by atoms with Crippen LogP contribution in [0.25, 0.3) is 0 Å². The molecule has 7 nitrogen and oxygen atoms in total. The van der Waals surface area contributed by atoms with Crippen LogP contribution in [-0.4, -0.2) is 26.9 Å². The fourth-order valence-electron chi connectivity index (χ4n) is 2.45. The van der Waals surface area contributed by atoms with Crippen LogP contribution in [0.5, 0.6) is 0 Å². The van der Waals surface area contributed by atoms with Crippen LogP contribution in [0.4, 0.5) is 15.1 Å². The van der Waals surface area contributed by atoms with E-state index < -0.39 is 27.7 Å². The molecule has 0 saturated heterocycles. The third-order valence-corrected chi connectivity index (χ3v) is 6.19. The van der Waals surface area contributed by atoms with Gasteiger partial charge in [-0.1, -0.05) is 18.2 Å². The number of ether oxygens (including phenoxy) is 1. The monoisotopic (exact) mass is 448 g/mol. The van der Waals surface area contributed by atoms with E-state index in [1.54, 1.807) is 13.0 Å². The fraction of sp³-hybridized carbons (Fsp3) is 0.100. The Morgan fingerprint density at radius 1 is 1.07 bits per heavy atom. The summed E-state index contributed by atoms with van der Waals surface area (Å²) in [4.78, 5) is 24.4. The van der Waals surface area contributed by atoms with Gasteiger partial charge in [0.15, 0.2) is 0 Å². The van der Waals surface area contributed by atoms with Gasteiger partial charge < -0.3 is 10.1 Å². The lowest BCUT2D eigenvalue weighted by molar-refractivity contribution is 0.0532. The Balaban J connectivity index is 1.77. The summed E-state index contributed by atoms with van der Waals surface area (Å²) in [5, 5.41) is 3.01. The molecule has 0 aliphatic rings. The van der Waals surface area contributed by atoms with E-state index in [1.165, 1.54) is 48.5 Å². The van der Waals surface area contributed by atoms with Gasteiger partial charge in [-0.25, -0.2) is 17.6 Å². The van der Waals surface area contributed by atoms with Crippen molar-refractivity contribution in [1.82, 2.24) is 0 Å². The zero-order valence-corrected chi connectivity index (χ0v) is 17.3. The number of hydrogen-bond donors (Lipinski definition) is 2. The predicted octanol–water partition coefficient (Wildman–Crippen LogP) is 4.12. The summed E-state index contributed by atoms with van der Waals surface area (Å²) in [6.45, 7) is 1.93. The molecule has 0 fully saturated rings. The van der Waals surface area contributed by atoms with E-state index in [-0.39, 0.29) is 22.8 Å². The predicted molar refractivity (Wildman–Crippen MR) is 112 cm³/mol. The summed E-state index contributed by atoms with van der Waals surface area (Å²) in [6, 6.07) is 13.8. The number of carbonyl (C=O) groups is 2. The van der Waals surface area contributed by atoms with Crippen LogP contribution < -0.4 is 10.0 Å². The second kappa shape index (κ2) is 9.06. The first-order valence-electron chi connectivity index (χ1n) is 8.76. The lowest BCUT2D eigenvalue weighted by atomic mass is 10.2. The minimum atomic E-state index is -4.11. The first-order chi connectivity index (χ1) is 14.3. The summed E-state index contributed by atoms with van der Waals surface area (Å²) < 4.78 is 46.0. The number of sulfonamides is 1. The largest absolute Gasteiger partial charge is 0.462 e. The molecule has 10 heteroatoms. The lowest BCUT2D eigenvalue weighted by Gasteiger charge is -2.10. The number of halogens is 1. The quantitative estimate of drug-likeness (QED) is 0.530. The van der Waals surface area contributed by atoms with Gasteiger partial charge in [0.1, 0.15) is 10.7 Å². The normalized spacial score (nSPS) is 11.0. The summed E-state index contributed by atoms with van der Waals surface area (Å²) in [5.41, 5.74) is -0.116. The van der Waals surface area contributed by atoms with E-state index in [4.69, 9.17) is 4.74 Å². The Kier molecular flexibility index (Phi) is 6.48. The van der Waals surface area contributed by atoms with Crippen molar-refractivity contribution < 1.29 is 27.1 Å². The van der Waals surface area contributed by atoms with E-state index in [2.05, 4.69) is 10.0 Å². The molecule has 0 aliphatic heterocycles. The van der Waals surface area contributed by atoms with Crippen LogP contribution in [-0.2, 0) is 14.8 Å². The second-order valence-electron chi connectivity index (χ2n) is 5.95. The highest BCUT2D eigenvalue weighted by atomic mass is 32.2. The Morgan fingerprint density at radius 2 is 1.83 bits per heavy atom. The van der Waals surface area contributed by atoms with Crippen molar-refractivity contribution in [1.29, 1.82) is 0 Å². The Labute approximate surface area is 176 Å². The topological polar surface area (TPSA) is 102 Å². The average molecular weight is 448 g/mol. The smallest absolute Gasteiger partial charge is 0.348 e. The second-order valence-corrected chi connectivity index (χ2v) is 8.72. The zero-order valence-electron chi connectivity index (χ0n) is 15.7. The highest BCUT2D eigenvalue weighted by Gasteiger charge is 2.19. The molecule has 1 aromatic heterocycles. The summed E-state index contributed by atoms with van der Waals surface area (Å²) >= 11 is 1.04. The average Bonchev–Trinajstić information content (AvgIpc) is 3.18. The van der Waals surface area contributed by atoms with Crippen LogP contribution in [0.15, 0.2) is 65.6 Å². The van der Waals surface area contributed by atoms with E-state index in [1.807, 2.05) is 0 Å². The minimum absolute atomic E-state index is 0.0810. The van der Waals surface area contributed by atoms with Gasteiger partial charge in [0, 0.05) is 5.56 Å². The van der Waals surface area contributed by atoms with Crippen molar-refractivity contribution in [2.45, 2.75) is 11.8 Å². The molecule has 0 bridgehead atoms. The summed E-state index contributed by atoms with van der Waals surface area (Å²) in [5.74, 6) is -1.77. The molecule has 2 aromatic carbocycles. The van der Waals surface area contributed by atoms with Crippen LogP contribution in [0, 0.1) is 5.82 Å². The molecule has 0 radical (unpaired) electrons. The Hall–Kier alpha value is -3.24. The first-order valence-corrected chi connectivity index (χ1v) is 11.1. The maximum Gasteiger partial charge on any atom is 0.348 e. The number of benzene rings is 2. The zero-order chi connectivity index (χ0) is 21.7. The lowest BCUT2D eigenvalue weighted by Crippen LogP contribution is -2.16. The third-order valence-electron chi connectivity index (χ3n) is 3.84. The molecule has 30 heavy (non-hydrogen) atoms. The first kappa shape index (κ1) is 21.5.